The molecule has 3 N–H and O–H groups in total. The molecule has 1 rings (SSSR count). The maximum atomic E-state index is 13.8. The molecule has 5 nitrogen and oxygen atoms in total. The van der Waals surface area contributed by atoms with E-state index in [0.29, 0.717) is 0 Å². The summed E-state index contributed by atoms with van der Waals surface area (Å²) in [4.78, 5) is 11.2. The Hall–Kier alpha value is -1.89. The molecule has 0 aromatic heterocycles. The van der Waals surface area contributed by atoms with Gasteiger partial charge >= 0.3 is 11.9 Å². The number of carbonyl (C=O) groups excluding carboxylic acids is 1. The number of para-hydroxylation sites is 1. The van der Waals surface area contributed by atoms with Crippen LogP contribution in [0.4, 0.5) is 8.78 Å². The molecule has 0 fully saturated rings. The zero-order valence-electron chi connectivity index (χ0n) is 11.2. The Morgan fingerprint density at radius 1 is 1.40 bits per heavy atom. The first-order chi connectivity index (χ1) is 9.36. The van der Waals surface area contributed by atoms with Gasteiger partial charge in [-0.3, -0.25) is 0 Å². The average molecular weight is 289 g/mol. The first kappa shape index (κ1) is 16.2. The average Bonchev–Trinajstić information content (AvgIpc) is 2.41. The van der Waals surface area contributed by atoms with E-state index >= 15 is 0 Å². The summed E-state index contributed by atoms with van der Waals surface area (Å²) in [6, 6.07) is 2.00. The van der Waals surface area contributed by atoms with E-state index in [2.05, 4.69) is 4.74 Å². The minimum atomic E-state index is -3.95. The van der Waals surface area contributed by atoms with Gasteiger partial charge in [-0.05, 0) is 19.9 Å². The molecule has 0 radical (unpaired) electrons. The molecule has 0 bridgehead atoms. The van der Waals surface area contributed by atoms with Gasteiger partial charge in [-0.1, -0.05) is 12.1 Å². The van der Waals surface area contributed by atoms with Crippen molar-refractivity contribution in [3.8, 4) is 11.5 Å². The maximum Gasteiger partial charge on any atom is 0.379 e. The molecular formula is C13H17F2NO4. The van der Waals surface area contributed by atoms with E-state index in [1.165, 1.54) is 25.1 Å². The Bertz CT molecular complexity index is 479. The van der Waals surface area contributed by atoms with E-state index in [9.17, 15) is 18.7 Å². The molecule has 0 unspecified atom stereocenters. The topological polar surface area (TPSA) is 81.8 Å². The van der Waals surface area contributed by atoms with Crippen LogP contribution in [0.3, 0.4) is 0 Å². The van der Waals surface area contributed by atoms with Crippen molar-refractivity contribution in [2.24, 2.45) is 5.73 Å². The number of phenolic OH excluding ortho intramolecular Hbond substituents is 1. The monoisotopic (exact) mass is 289 g/mol. The zero-order valence-corrected chi connectivity index (χ0v) is 11.2. The summed E-state index contributed by atoms with van der Waals surface area (Å²) >= 11 is 0. The number of halogens is 2. The van der Waals surface area contributed by atoms with Crippen molar-refractivity contribution in [3.63, 3.8) is 0 Å². The van der Waals surface area contributed by atoms with Crippen LogP contribution in [0.5, 0.6) is 11.5 Å². The van der Waals surface area contributed by atoms with Crippen LogP contribution in [-0.4, -0.2) is 30.2 Å². The maximum absolute atomic E-state index is 13.8. The number of hydrogen-bond acceptors (Lipinski definition) is 5. The third-order valence-corrected chi connectivity index (χ3v) is 2.60. The van der Waals surface area contributed by atoms with E-state index in [-0.39, 0.29) is 24.5 Å². The minimum Gasteiger partial charge on any atom is -0.504 e. The second kappa shape index (κ2) is 6.51. The second-order valence-corrected chi connectivity index (χ2v) is 3.95. The molecule has 1 atom stereocenters. The van der Waals surface area contributed by atoms with Crippen molar-refractivity contribution in [2.75, 3.05) is 13.2 Å². The number of nitrogens with two attached hydrogens (primary N) is 1. The Morgan fingerprint density at radius 3 is 2.60 bits per heavy atom. The molecule has 1 aromatic rings. The number of ether oxygens (including phenoxy) is 2. The smallest absolute Gasteiger partial charge is 0.379 e. The normalized spacial score (nSPS) is 12.8. The Labute approximate surface area is 115 Å². The number of aromatic hydroxyl groups is 1. The van der Waals surface area contributed by atoms with E-state index in [1.807, 2.05) is 0 Å². The van der Waals surface area contributed by atoms with Crippen LogP contribution in [0, 0.1) is 0 Å². The number of hydrogen-bond donors (Lipinski definition) is 2. The van der Waals surface area contributed by atoms with Gasteiger partial charge in [-0.15, -0.1) is 0 Å². The van der Waals surface area contributed by atoms with Crippen molar-refractivity contribution < 1.29 is 28.2 Å². The van der Waals surface area contributed by atoms with Crippen molar-refractivity contribution in [3.05, 3.63) is 23.8 Å². The quantitative estimate of drug-likeness (QED) is 0.783. The molecule has 0 heterocycles. The SMILES string of the molecule is CCOC(=O)C(F)(F)[C@H](N)c1cccc(OCC)c1O. The Morgan fingerprint density at radius 2 is 2.05 bits per heavy atom. The van der Waals surface area contributed by atoms with Crippen LogP contribution in [-0.2, 0) is 9.53 Å². The molecule has 0 saturated carbocycles. The molecular weight excluding hydrogens is 272 g/mol. The van der Waals surface area contributed by atoms with Crippen molar-refractivity contribution in [2.45, 2.75) is 25.8 Å². The summed E-state index contributed by atoms with van der Waals surface area (Å²) < 4.78 is 37.0. The van der Waals surface area contributed by atoms with Gasteiger partial charge in [-0.25, -0.2) is 4.79 Å². The molecule has 112 valence electrons. The number of benzene rings is 1. The summed E-state index contributed by atoms with van der Waals surface area (Å²) in [6.45, 7) is 3.15. The lowest BCUT2D eigenvalue weighted by molar-refractivity contribution is -0.174. The molecule has 7 heteroatoms. The summed E-state index contributed by atoms with van der Waals surface area (Å²) in [5.41, 5.74) is 5.12. The first-order valence-corrected chi connectivity index (χ1v) is 6.11. The molecule has 0 amide bonds. The second-order valence-electron chi connectivity index (χ2n) is 3.95. The lowest BCUT2D eigenvalue weighted by Gasteiger charge is -2.23. The number of esters is 1. The van der Waals surface area contributed by atoms with Gasteiger partial charge in [0.15, 0.2) is 11.5 Å². The third-order valence-electron chi connectivity index (χ3n) is 2.60. The summed E-state index contributed by atoms with van der Waals surface area (Å²) in [5, 5.41) is 9.87. The number of rotatable bonds is 6. The highest BCUT2D eigenvalue weighted by atomic mass is 19.3. The van der Waals surface area contributed by atoms with Crippen LogP contribution in [0.1, 0.15) is 25.5 Å². The van der Waals surface area contributed by atoms with Crippen LogP contribution < -0.4 is 10.5 Å². The van der Waals surface area contributed by atoms with Gasteiger partial charge in [0.05, 0.1) is 13.2 Å². The van der Waals surface area contributed by atoms with Gasteiger partial charge in [0.25, 0.3) is 0 Å². The fourth-order valence-corrected chi connectivity index (χ4v) is 1.61. The molecule has 20 heavy (non-hydrogen) atoms. The first-order valence-electron chi connectivity index (χ1n) is 6.11. The Kier molecular flexibility index (Phi) is 5.26. The van der Waals surface area contributed by atoms with Crippen molar-refractivity contribution in [1.82, 2.24) is 0 Å². The van der Waals surface area contributed by atoms with E-state index in [0.717, 1.165) is 0 Å². The fourth-order valence-electron chi connectivity index (χ4n) is 1.61. The van der Waals surface area contributed by atoms with Crippen LogP contribution in [0.25, 0.3) is 0 Å². The largest absolute Gasteiger partial charge is 0.504 e. The van der Waals surface area contributed by atoms with Crippen LogP contribution in [0.2, 0.25) is 0 Å². The Balaban J connectivity index is 3.11. The predicted octanol–water partition coefficient (Wildman–Crippen LogP) is 1.99. The molecule has 0 saturated heterocycles. The third kappa shape index (κ3) is 3.16. The molecule has 0 aliphatic rings. The summed E-state index contributed by atoms with van der Waals surface area (Å²) in [5.74, 6) is -6.15. The van der Waals surface area contributed by atoms with Crippen LogP contribution >= 0.6 is 0 Å². The van der Waals surface area contributed by atoms with Gasteiger partial charge in [-0.2, -0.15) is 8.78 Å². The molecule has 0 spiro atoms. The van der Waals surface area contributed by atoms with Gasteiger partial charge in [0.2, 0.25) is 0 Å². The van der Waals surface area contributed by atoms with Crippen molar-refractivity contribution >= 4 is 5.97 Å². The van der Waals surface area contributed by atoms with Gasteiger partial charge in [0.1, 0.15) is 6.04 Å². The van der Waals surface area contributed by atoms with E-state index < -0.39 is 23.7 Å². The predicted molar refractivity (Wildman–Crippen MR) is 67.8 cm³/mol. The standard InChI is InChI=1S/C13H17F2NO4/c1-3-19-9-7-5-6-8(10(9)17)11(16)13(14,15)12(18)20-4-2/h5-7,11,17H,3-4,16H2,1-2H3/t11-/m1/s1. The lowest BCUT2D eigenvalue weighted by Crippen LogP contribution is -2.41. The lowest BCUT2D eigenvalue weighted by atomic mass is 10.00. The van der Waals surface area contributed by atoms with E-state index in [1.54, 1.807) is 6.92 Å². The molecule has 1 aromatic carbocycles. The number of alkyl halides is 2. The highest BCUT2D eigenvalue weighted by Gasteiger charge is 2.48. The highest BCUT2D eigenvalue weighted by molar-refractivity contribution is 5.79. The van der Waals surface area contributed by atoms with Crippen molar-refractivity contribution in [1.29, 1.82) is 0 Å². The molecule has 0 aliphatic heterocycles. The van der Waals surface area contributed by atoms with E-state index in [4.69, 9.17) is 10.5 Å². The van der Waals surface area contributed by atoms with Gasteiger partial charge in [0, 0.05) is 5.56 Å². The zero-order chi connectivity index (χ0) is 15.3. The number of carbonyl (C=O) groups is 1. The summed E-state index contributed by atoms with van der Waals surface area (Å²) in [7, 11) is 0. The number of phenols is 1. The summed E-state index contributed by atoms with van der Waals surface area (Å²) in [6.07, 6.45) is 0. The van der Waals surface area contributed by atoms with Crippen LogP contribution in [0.15, 0.2) is 18.2 Å². The fraction of sp³-hybridized carbons (Fsp3) is 0.462. The highest BCUT2D eigenvalue weighted by Crippen LogP contribution is 2.39. The minimum absolute atomic E-state index is 0.0279. The molecule has 0 aliphatic carbocycles. The van der Waals surface area contributed by atoms with Gasteiger partial charge < -0.3 is 20.3 Å².